The van der Waals surface area contributed by atoms with Crippen molar-refractivity contribution in [2.75, 3.05) is 11.6 Å². The van der Waals surface area contributed by atoms with E-state index >= 15 is 0 Å². The van der Waals surface area contributed by atoms with E-state index in [1.165, 1.54) is 6.07 Å². The molecular formula is C30H29N3O3S. The minimum Gasteiger partial charge on any atom is -0.322 e. The Morgan fingerprint density at radius 3 is 2.54 bits per heavy atom. The zero-order valence-corrected chi connectivity index (χ0v) is 21.9. The lowest BCUT2D eigenvalue weighted by molar-refractivity contribution is 0.102. The average Bonchev–Trinajstić information content (AvgIpc) is 3.30. The number of benzene rings is 2. The minimum atomic E-state index is -3.43. The number of hydrogen-bond donors (Lipinski definition) is 1. The molecule has 0 saturated carbocycles. The van der Waals surface area contributed by atoms with Crippen LogP contribution in [-0.2, 0) is 16.3 Å². The van der Waals surface area contributed by atoms with E-state index in [0.29, 0.717) is 23.2 Å². The molecule has 1 N–H and O–H groups in total. The number of pyridine rings is 1. The van der Waals surface area contributed by atoms with Crippen LogP contribution in [0.4, 0.5) is 5.69 Å². The number of rotatable bonds is 8. The molecule has 2 heterocycles. The molecule has 2 aromatic heterocycles. The predicted molar refractivity (Wildman–Crippen MR) is 150 cm³/mol. The van der Waals surface area contributed by atoms with Gasteiger partial charge in [-0.25, -0.2) is 13.4 Å². The van der Waals surface area contributed by atoms with Gasteiger partial charge in [0.2, 0.25) is 0 Å². The van der Waals surface area contributed by atoms with Gasteiger partial charge in [0, 0.05) is 35.5 Å². The fourth-order valence-corrected chi connectivity index (χ4v) is 4.81. The van der Waals surface area contributed by atoms with Crippen LogP contribution in [0.25, 0.3) is 16.9 Å². The maximum absolute atomic E-state index is 13.3. The number of imidazole rings is 1. The third kappa shape index (κ3) is 5.95. The van der Waals surface area contributed by atoms with Crippen LogP contribution in [0.5, 0.6) is 0 Å². The lowest BCUT2D eigenvalue weighted by atomic mass is 9.98. The molecule has 4 rings (SSSR count). The maximum Gasteiger partial charge on any atom is 0.255 e. The van der Waals surface area contributed by atoms with Crippen LogP contribution in [0.1, 0.15) is 28.4 Å². The number of amides is 1. The number of nitrogens with zero attached hydrogens (tertiary/aromatic N) is 2. The summed E-state index contributed by atoms with van der Waals surface area (Å²) >= 11 is 0. The van der Waals surface area contributed by atoms with E-state index in [-0.39, 0.29) is 10.8 Å². The topological polar surface area (TPSA) is 80.5 Å². The smallest absolute Gasteiger partial charge is 0.255 e. The molecule has 2 aromatic carbocycles. The highest BCUT2D eigenvalue weighted by Crippen LogP contribution is 2.24. The van der Waals surface area contributed by atoms with Gasteiger partial charge in [-0.1, -0.05) is 49.1 Å². The van der Waals surface area contributed by atoms with E-state index in [1.54, 1.807) is 18.2 Å². The summed E-state index contributed by atoms with van der Waals surface area (Å²) in [5, 5.41) is 2.94. The number of carbonyl (C=O) groups is 1. The van der Waals surface area contributed by atoms with Crippen molar-refractivity contribution < 1.29 is 13.2 Å². The van der Waals surface area contributed by atoms with Crippen molar-refractivity contribution in [3.63, 3.8) is 0 Å². The molecule has 0 atom stereocenters. The number of sulfone groups is 1. The van der Waals surface area contributed by atoms with Crippen LogP contribution in [0.2, 0.25) is 0 Å². The molecule has 0 fully saturated rings. The third-order valence-electron chi connectivity index (χ3n) is 5.97. The highest BCUT2D eigenvalue weighted by atomic mass is 32.2. The van der Waals surface area contributed by atoms with Gasteiger partial charge in [-0.2, -0.15) is 0 Å². The van der Waals surface area contributed by atoms with E-state index in [0.717, 1.165) is 34.3 Å². The number of aryl methyl sites for hydroxylation is 1. The Hall–Kier alpha value is -4.23. The van der Waals surface area contributed by atoms with Gasteiger partial charge in [0.25, 0.3) is 5.91 Å². The molecule has 0 aliphatic carbocycles. The van der Waals surface area contributed by atoms with Crippen molar-refractivity contribution in [1.82, 2.24) is 9.38 Å². The summed E-state index contributed by atoms with van der Waals surface area (Å²) in [7, 11) is -3.43. The second-order valence-electron chi connectivity index (χ2n) is 8.82. The molecule has 1 amide bonds. The largest absolute Gasteiger partial charge is 0.322 e. The quantitative estimate of drug-likeness (QED) is 0.286. The number of hydrogen-bond acceptors (Lipinski definition) is 4. The van der Waals surface area contributed by atoms with E-state index in [2.05, 4.69) is 11.9 Å². The van der Waals surface area contributed by atoms with E-state index in [1.807, 2.05) is 85.3 Å². The number of fused-ring (bicyclic) bond motifs is 1. The minimum absolute atomic E-state index is 0.171. The molecule has 0 saturated heterocycles. The molecule has 37 heavy (non-hydrogen) atoms. The summed E-state index contributed by atoms with van der Waals surface area (Å²) in [6.07, 6.45) is 12.8. The first-order valence-electron chi connectivity index (χ1n) is 11.8. The first kappa shape index (κ1) is 25.9. The van der Waals surface area contributed by atoms with Crippen molar-refractivity contribution in [2.45, 2.75) is 25.2 Å². The average molecular weight is 512 g/mol. The van der Waals surface area contributed by atoms with Gasteiger partial charge in [0.1, 0.15) is 5.65 Å². The van der Waals surface area contributed by atoms with Gasteiger partial charge in [0.15, 0.2) is 9.84 Å². The van der Waals surface area contributed by atoms with Gasteiger partial charge in [0.05, 0.1) is 10.6 Å². The summed E-state index contributed by atoms with van der Waals surface area (Å²) in [6, 6.07) is 16.1. The van der Waals surface area contributed by atoms with Crippen molar-refractivity contribution >= 4 is 27.1 Å². The van der Waals surface area contributed by atoms with Crippen LogP contribution < -0.4 is 5.32 Å². The summed E-state index contributed by atoms with van der Waals surface area (Å²) in [5.74, 6) is -0.315. The fraction of sp³-hybridized carbons (Fsp3) is 0.133. The molecule has 0 bridgehead atoms. The van der Waals surface area contributed by atoms with Crippen LogP contribution in [0.3, 0.4) is 0 Å². The lowest BCUT2D eigenvalue weighted by Crippen LogP contribution is -2.15. The van der Waals surface area contributed by atoms with Gasteiger partial charge < -0.3 is 9.72 Å². The highest BCUT2D eigenvalue weighted by Gasteiger charge is 2.17. The molecule has 0 unspecified atom stereocenters. The zero-order chi connectivity index (χ0) is 26.6. The Morgan fingerprint density at radius 2 is 1.89 bits per heavy atom. The lowest BCUT2D eigenvalue weighted by Gasteiger charge is -2.13. The molecule has 6 nitrogen and oxygen atoms in total. The number of allylic oxidation sites excluding steroid dienone is 5. The van der Waals surface area contributed by atoms with Crippen LogP contribution in [0.15, 0.2) is 108 Å². The number of carbonyl (C=O) groups excluding carboxylic acids is 1. The first-order valence-corrected chi connectivity index (χ1v) is 13.7. The third-order valence-corrected chi connectivity index (χ3v) is 7.08. The molecule has 7 heteroatoms. The highest BCUT2D eigenvalue weighted by molar-refractivity contribution is 7.90. The van der Waals surface area contributed by atoms with E-state index < -0.39 is 9.84 Å². The Balaban J connectivity index is 1.61. The predicted octanol–water partition coefficient (Wildman–Crippen LogP) is 6.20. The van der Waals surface area contributed by atoms with Gasteiger partial charge in [-0.15, -0.1) is 0 Å². The summed E-state index contributed by atoms with van der Waals surface area (Å²) in [6.45, 7) is 7.67. The SMILES string of the molecule is C=C/C=C(\C=C/C)Cc1cc(S(C)(=O)=O)ccc1C(=O)Nc1ccc(-c2cn3cccc(C)c3n2)cc1. The van der Waals surface area contributed by atoms with Crippen molar-refractivity contribution in [3.8, 4) is 11.3 Å². The molecule has 4 aromatic rings. The summed E-state index contributed by atoms with van der Waals surface area (Å²) < 4.78 is 26.3. The van der Waals surface area contributed by atoms with Crippen LogP contribution in [-0.4, -0.2) is 30.0 Å². The Bertz CT molecular complexity index is 1640. The van der Waals surface area contributed by atoms with Crippen molar-refractivity contribution in [2.24, 2.45) is 0 Å². The Labute approximate surface area is 217 Å². The molecule has 0 aliphatic rings. The fourth-order valence-electron chi connectivity index (χ4n) is 4.14. The van der Waals surface area contributed by atoms with Crippen molar-refractivity contribution in [3.05, 3.63) is 120 Å². The number of anilines is 1. The monoisotopic (exact) mass is 511 g/mol. The number of aromatic nitrogens is 2. The number of nitrogens with one attached hydrogen (secondary N) is 1. The van der Waals surface area contributed by atoms with Gasteiger partial charge in [-0.3, -0.25) is 4.79 Å². The molecule has 0 aliphatic heterocycles. The summed E-state index contributed by atoms with van der Waals surface area (Å²) in [5.41, 5.74) is 6.33. The molecular weight excluding hydrogens is 482 g/mol. The van der Waals surface area contributed by atoms with Crippen LogP contribution >= 0.6 is 0 Å². The second kappa shape index (κ2) is 10.8. The van der Waals surface area contributed by atoms with E-state index in [4.69, 9.17) is 4.98 Å². The van der Waals surface area contributed by atoms with Crippen molar-refractivity contribution in [1.29, 1.82) is 0 Å². The van der Waals surface area contributed by atoms with Gasteiger partial charge in [-0.05, 0) is 73.4 Å². The maximum atomic E-state index is 13.3. The zero-order valence-electron chi connectivity index (χ0n) is 21.1. The first-order chi connectivity index (χ1) is 17.7. The molecule has 0 spiro atoms. The Kier molecular flexibility index (Phi) is 7.55. The molecule has 0 radical (unpaired) electrons. The standard InChI is InChI=1S/C30H29N3O3S/c1-5-8-22(9-6-2)18-24-19-26(37(4,35)36)15-16-27(24)30(34)31-25-13-11-23(12-14-25)28-20-33-17-7-10-21(3)29(33)32-28/h5-17,19-20H,1,18H2,2-4H3,(H,31,34)/b9-6-,22-8+. The van der Waals surface area contributed by atoms with Gasteiger partial charge >= 0.3 is 0 Å². The molecule has 188 valence electrons. The van der Waals surface area contributed by atoms with Crippen LogP contribution in [0, 0.1) is 6.92 Å². The van der Waals surface area contributed by atoms with E-state index in [9.17, 15) is 13.2 Å². The second-order valence-corrected chi connectivity index (χ2v) is 10.8. The Morgan fingerprint density at radius 1 is 1.14 bits per heavy atom. The summed E-state index contributed by atoms with van der Waals surface area (Å²) in [4.78, 5) is 18.2. The normalized spacial score (nSPS) is 12.2.